The molecule has 6 nitrogen and oxygen atoms in total. The summed E-state index contributed by atoms with van der Waals surface area (Å²) in [5.74, 6) is -0.687. The monoisotopic (exact) mass is 313 g/mol. The minimum absolute atomic E-state index is 0.0955. The van der Waals surface area contributed by atoms with E-state index in [1.54, 1.807) is 24.0 Å². The van der Waals surface area contributed by atoms with Gasteiger partial charge in [-0.25, -0.2) is 4.79 Å². The van der Waals surface area contributed by atoms with Crippen LogP contribution in [-0.4, -0.2) is 45.2 Å². The van der Waals surface area contributed by atoms with E-state index in [0.29, 0.717) is 24.6 Å². The molecule has 1 aromatic carbocycles. The first kappa shape index (κ1) is 15.3. The molecule has 0 spiro atoms. The molecule has 1 fully saturated rings. The molecule has 2 N–H and O–H groups in total. The van der Waals surface area contributed by atoms with Crippen LogP contribution in [0.3, 0.4) is 0 Å². The SMILES string of the molecule is Cc1cc(C(=O)O)cc(C(=O)N2CCC(c3cn[nH]c3)CC2)c1. The van der Waals surface area contributed by atoms with Crippen LogP contribution >= 0.6 is 0 Å². The van der Waals surface area contributed by atoms with Gasteiger partial charge in [-0.05, 0) is 55.0 Å². The smallest absolute Gasteiger partial charge is 0.335 e. The van der Waals surface area contributed by atoms with Crippen LogP contribution in [0.5, 0.6) is 0 Å². The average Bonchev–Trinajstić information content (AvgIpc) is 3.08. The molecule has 0 aliphatic carbocycles. The number of aromatic carboxylic acids is 1. The van der Waals surface area contributed by atoms with Crippen molar-refractivity contribution in [2.75, 3.05) is 13.1 Å². The molecule has 3 rings (SSSR count). The zero-order valence-electron chi connectivity index (χ0n) is 13.0. The summed E-state index contributed by atoms with van der Waals surface area (Å²) in [4.78, 5) is 25.6. The Balaban J connectivity index is 1.71. The molecule has 1 saturated heterocycles. The maximum atomic E-state index is 12.6. The molecule has 0 atom stereocenters. The molecule has 2 aromatic rings. The van der Waals surface area contributed by atoms with Crippen molar-refractivity contribution in [3.63, 3.8) is 0 Å². The summed E-state index contributed by atoms with van der Waals surface area (Å²) in [6, 6.07) is 4.78. The summed E-state index contributed by atoms with van der Waals surface area (Å²) in [5, 5.41) is 15.9. The number of hydrogen-bond donors (Lipinski definition) is 2. The summed E-state index contributed by atoms with van der Waals surface area (Å²) >= 11 is 0. The maximum Gasteiger partial charge on any atom is 0.335 e. The van der Waals surface area contributed by atoms with E-state index in [0.717, 1.165) is 18.4 Å². The van der Waals surface area contributed by atoms with Crippen LogP contribution in [0.25, 0.3) is 0 Å². The molecule has 0 saturated carbocycles. The zero-order chi connectivity index (χ0) is 16.4. The van der Waals surface area contributed by atoms with Crippen molar-refractivity contribution < 1.29 is 14.7 Å². The predicted molar refractivity (Wildman–Crippen MR) is 84.6 cm³/mol. The Hall–Kier alpha value is -2.63. The van der Waals surface area contributed by atoms with E-state index < -0.39 is 5.97 Å². The van der Waals surface area contributed by atoms with Gasteiger partial charge < -0.3 is 10.0 Å². The third-order valence-corrected chi connectivity index (χ3v) is 4.34. The van der Waals surface area contributed by atoms with Crippen LogP contribution in [0.1, 0.15) is 50.6 Å². The van der Waals surface area contributed by atoms with E-state index in [9.17, 15) is 9.59 Å². The van der Waals surface area contributed by atoms with Crippen LogP contribution in [0.4, 0.5) is 0 Å². The molecular formula is C17H19N3O3. The van der Waals surface area contributed by atoms with Crippen molar-refractivity contribution in [3.8, 4) is 0 Å². The van der Waals surface area contributed by atoms with Crippen molar-refractivity contribution in [1.82, 2.24) is 15.1 Å². The molecule has 120 valence electrons. The number of carbonyl (C=O) groups excluding carboxylic acids is 1. The number of H-pyrrole nitrogens is 1. The van der Waals surface area contributed by atoms with Crippen molar-refractivity contribution in [2.45, 2.75) is 25.7 Å². The number of hydrogen-bond acceptors (Lipinski definition) is 3. The second-order valence-electron chi connectivity index (χ2n) is 5.99. The number of carboxylic acid groups (broad SMARTS) is 1. The lowest BCUT2D eigenvalue weighted by molar-refractivity contribution is 0.0696. The highest BCUT2D eigenvalue weighted by atomic mass is 16.4. The first-order valence-electron chi connectivity index (χ1n) is 7.67. The Morgan fingerprint density at radius 1 is 1.22 bits per heavy atom. The molecule has 0 bridgehead atoms. The van der Waals surface area contributed by atoms with Gasteiger partial charge in [0.25, 0.3) is 5.91 Å². The van der Waals surface area contributed by atoms with Gasteiger partial charge >= 0.3 is 5.97 Å². The van der Waals surface area contributed by atoms with Crippen molar-refractivity contribution in [2.24, 2.45) is 0 Å². The van der Waals surface area contributed by atoms with Crippen LogP contribution in [0, 0.1) is 6.92 Å². The molecule has 1 amide bonds. The molecular weight excluding hydrogens is 294 g/mol. The van der Waals surface area contributed by atoms with E-state index in [2.05, 4.69) is 10.2 Å². The van der Waals surface area contributed by atoms with Crippen molar-refractivity contribution >= 4 is 11.9 Å². The topological polar surface area (TPSA) is 86.3 Å². The second-order valence-corrected chi connectivity index (χ2v) is 5.99. The van der Waals surface area contributed by atoms with Crippen LogP contribution < -0.4 is 0 Å². The molecule has 1 aliphatic rings. The van der Waals surface area contributed by atoms with Gasteiger partial charge in [-0.15, -0.1) is 0 Å². The number of carbonyl (C=O) groups is 2. The van der Waals surface area contributed by atoms with E-state index >= 15 is 0 Å². The van der Waals surface area contributed by atoms with Crippen LogP contribution in [0.15, 0.2) is 30.6 Å². The normalized spacial score (nSPS) is 15.6. The van der Waals surface area contributed by atoms with Gasteiger partial charge in [0.2, 0.25) is 0 Å². The van der Waals surface area contributed by atoms with Gasteiger partial charge in [-0.3, -0.25) is 9.89 Å². The third kappa shape index (κ3) is 3.26. The lowest BCUT2D eigenvalue weighted by Gasteiger charge is -2.31. The number of carboxylic acids is 1. The Bertz CT molecular complexity index is 717. The van der Waals surface area contributed by atoms with Crippen molar-refractivity contribution in [3.05, 3.63) is 52.8 Å². The van der Waals surface area contributed by atoms with Crippen LogP contribution in [0.2, 0.25) is 0 Å². The lowest BCUT2D eigenvalue weighted by atomic mass is 9.91. The standard InChI is InChI=1S/C17H19N3O3/c1-11-6-13(8-14(7-11)17(22)23)16(21)20-4-2-12(3-5-20)15-9-18-19-10-15/h6-10,12H,2-5H2,1H3,(H,18,19)(H,22,23). The number of nitrogens with zero attached hydrogens (tertiary/aromatic N) is 2. The van der Waals surface area contributed by atoms with Crippen LogP contribution in [-0.2, 0) is 0 Å². The van der Waals surface area contributed by atoms with Crippen molar-refractivity contribution in [1.29, 1.82) is 0 Å². The number of aromatic amines is 1. The summed E-state index contributed by atoms with van der Waals surface area (Å²) in [6.45, 7) is 3.14. The first-order chi connectivity index (χ1) is 11.0. The third-order valence-electron chi connectivity index (χ3n) is 4.34. The molecule has 2 heterocycles. The predicted octanol–water partition coefficient (Wildman–Crippen LogP) is 2.44. The number of rotatable bonds is 3. The Morgan fingerprint density at radius 3 is 2.52 bits per heavy atom. The number of amides is 1. The highest BCUT2D eigenvalue weighted by Crippen LogP contribution is 2.28. The summed E-state index contributed by atoms with van der Waals surface area (Å²) in [6.07, 6.45) is 5.52. The number of benzene rings is 1. The first-order valence-corrected chi connectivity index (χ1v) is 7.67. The molecule has 1 aromatic heterocycles. The number of likely N-dealkylation sites (tertiary alicyclic amines) is 1. The number of aryl methyl sites for hydroxylation is 1. The second kappa shape index (κ2) is 6.24. The van der Waals surface area contributed by atoms with Gasteiger partial charge in [0, 0.05) is 24.8 Å². The molecule has 1 aliphatic heterocycles. The van der Waals surface area contributed by atoms with E-state index in [4.69, 9.17) is 5.11 Å². The minimum atomic E-state index is -1.01. The highest BCUT2D eigenvalue weighted by molar-refractivity contribution is 5.97. The quantitative estimate of drug-likeness (QED) is 0.911. The Kier molecular flexibility index (Phi) is 4.14. The number of nitrogens with one attached hydrogen (secondary N) is 1. The van der Waals surface area contributed by atoms with Gasteiger partial charge in [0.05, 0.1) is 11.8 Å². The minimum Gasteiger partial charge on any atom is -0.478 e. The molecule has 23 heavy (non-hydrogen) atoms. The van der Waals surface area contributed by atoms with E-state index in [1.165, 1.54) is 11.6 Å². The zero-order valence-corrected chi connectivity index (χ0v) is 13.0. The van der Waals surface area contributed by atoms with Gasteiger partial charge in [0.15, 0.2) is 0 Å². The van der Waals surface area contributed by atoms with Gasteiger partial charge in [-0.2, -0.15) is 5.10 Å². The highest BCUT2D eigenvalue weighted by Gasteiger charge is 2.25. The fraction of sp³-hybridized carbons (Fsp3) is 0.353. The van der Waals surface area contributed by atoms with E-state index in [1.807, 2.05) is 12.4 Å². The molecule has 0 unspecified atom stereocenters. The number of piperidine rings is 1. The fourth-order valence-corrected chi connectivity index (χ4v) is 3.11. The summed E-state index contributed by atoms with van der Waals surface area (Å²) < 4.78 is 0. The Morgan fingerprint density at radius 2 is 1.91 bits per heavy atom. The molecule has 6 heteroatoms. The summed E-state index contributed by atoms with van der Waals surface area (Å²) in [7, 11) is 0. The summed E-state index contributed by atoms with van der Waals surface area (Å²) in [5.41, 5.74) is 2.56. The van der Waals surface area contributed by atoms with Gasteiger partial charge in [-0.1, -0.05) is 0 Å². The lowest BCUT2D eigenvalue weighted by Crippen LogP contribution is -2.38. The number of aromatic nitrogens is 2. The van der Waals surface area contributed by atoms with Gasteiger partial charge in [0.1, 0.15) is 0 Å². The Labute approximate surface area is 134 Å². The molecule has 0 radical (unpaired) electrons. The maximum absolute atomic E-state index is 12.6. The van der Waals surface area contributed by atoms with E-state index in [-0.39, 0.29) is 11.5 Å². The average molecular weight is 313 g/mol. The largest absolute Gasteiger partial charge is 0.478 e. The fourth-order valence-electron chi connectivity index (χ4n) is 3.11.